The molecule has 0 radical (unpaired) electrons. The third-order valence-electron chi connectivity index (χ3n) is 4.39. The average molecular weight is 277 g/mol. The molecule has 3 nitrogen and oxygen atoms in total. The van der Waals surface area contributed by atoms with E-state index in [0.29, 0.717) is 19.3 Å². The molecule has 0 aromatic heterocycles. The fourth-order valence-electron chi connectivity index (χ4n) is 3.18. The van der Waals surface area contributed by atoms with E-state index in [0.717, 1.165) is 11.5 Å². The summed E-state index contributed by atoms with van der Waals surface area (Å²) in [7, 11) is 2.06. The van der Waals surface area contributed by atoms with Gasteiger partial charge in [0.25, 0.3) is 0 Å². The molecule has 1 saturated carbocycles. The molecule has 2 rings (SSSR count). The lowest BCUT2D eigenvalue weighted by molar-refractivity contribution is 0.286. The van der Waals surface area contributed by atoms with Crippen molar-refractivity contribution in [1.29, 1.82) is 0 Å². The number of ether oxygens (including phenoxy) is 2. The summed E-state index contributed by atoms with van der Waals surface area (Å²) in [6, 6.07) is 7.06. The number of rotatable bonds is 6. The third-order valence-corrected chi connectivity index (χ3v) is 4.39. The van der Waals surface area contributed by atoms with Crippen molar-refractivity contribution in [3.8, 4) is 11.5 Å². The van der Waals surface area contributed by atoms with Gasteiger partial charge in [0.2, 0.25) is 0 Å². The first-order chi connectivity index (χ1) is 9.62. The van der Waals surface area contributed by atoms with E-state index in [9.17, 15) is 0 Å². The smallest absolute Gasteiger partial charge is 0.161 e. The predicted octanol–water partition coefficient (Wildman–Crippen LogP) is 3.51. The minimum atomic E-state index is 0.240. The second-order valence-electron chi connectivity index (χ2n) is 5.82. The van der Waals surface area contributed by atoms with Crippen LogP contribution in [0.2, 0.25) is 0 Å². The van der Waals surface area contributed by atoms with E-state index >= 15 is 0 Å². The molecule has 0 bridgehead atoms. The lowest BCUT2D eigenvalue weighted by Crippen LogP contribution is -2.25. The highest BCUT2D eigenvalue weighted by molar-refractivity contribution is 5.45. The van der Waals surface area contributed by atoms with E-state index in [-0.39, 0.29) is 5.41 Å². The molecular weight excluding hydrogens is 250 g/mol. The molecule has 2 atom stereocenters. The van der Waals surface area contributed by atoms with Crippen molar-refractivity contribution in [3.63, 3.8) is 0 Å². The molecule has 1 aromatic rings. The summed E-state index contributed by atoms with van der Waals surface area (Å²) >= 11 is 0. The summed E-state index contributed by atoms with van der Waals surface area (Å²) in [5.41, 5.74) is 1.60. The first kappa shape index (κ1) is 15.2. The van der Waals surface area contributed by atoms with Crippen LogP contribution in [0.15, 0.2) is 18.2 Å². The molecule has 0 saturated heterocycles. The Morgan fingerprint density at radius 2 is 1.90 bits per heavy atom. The van der Waals surface area contributed by atoms with Crippen molar-refractivity contribution in [1.82, 2.24) is 5.32 Å². The van der Waals surface area contributed by atoms with Crippen molar-refractivity contribution < 1.29 is 9.47 Å². The zero-order valence-electron chi connectivity index (χ0n) is 13.2. The van der Waals surface area contributed by atoms with Crippen LogP contribution in [-0.2, 0) is 5.41 Å². The van der Waals surface area contributed by atoms with Crippen LogP contribution in [0.3, 0.4) is 0 Å². The Balaban J connectivity index is 2.26. The Bertz CT molecular complexity index is 447. The molecule has 1 aliphatic rings. The topological polar surface area (TPSA) is 30.5 Å². The minimum Gasteiger partial charge on any atom is -0.490 e. The molecule has 0 heterocycles. The summed E-state index contributed by atoms with van der Waals surface area (Å²) in [5.74, 6) is 1.73. The Kier molecular flexibility index (Phi) is 4.92. The highest BCUT2D eigenvalue weighted by Gasteiger charge is 2.36. The van der Waals surface area contributed by atoms with Crippen LogP contribution in [-0.4, -0.2) is 26.3 Å². The standard InChI is InChI=1S/C17H27NO2/c1-5-19-15-8-7-13(11-16(15)20-6-2)17(3)10-9-14(12-17)18-4/h7-8,11,14,18H,5-6,9-10,12H2,1-4H3. The van der Waals surface area contributed by atoms with Crippen LogP contribution >= 0.6 is 0 Å². The van der Waals surface area contributed by atoms with Crippen LogP contribution in [0, 0.1) is 0 Å². The lowest BCUT2D eigenvalue weighted by atomic mass is 9.80. The zero-order chi connectivity index (χ0) is 14.6. The van der Waals surface area contributed by atoms with Gasteiger partial charge in [-0.15, -0.1) is 0 Å². The Hall–Kier alpha value is -1.22. The molecule has 0 aliphatic heterocycles. The second kappa shape index (κ2) is 6.49. The van der Waals surface area contributed by atoms with E-state index in [1.54, 1.807) is 0 Å². The van der Waals surface area contributed by atoms with Crippen LogP contribution < -0.4 is 14.8 Å². The number of hydrogen-bond acceptors (Lipinski definition) is 3. The maximum absolute atomic E-state index is 5.75. The summed E-state index contributed by atoms with van der Waals surface area (Å²) in [6.45, 7) is 7.70. The van der Waals surface area contributed by atoms with Crippen molar-refractivity contribution in [3.05, 3.63) is 23.8 Å². The maximum Gasteiger partial charge on any atom is 0.161 e. The van der Waals surface area contributed by atoms with Gasteiger partial charge < -0.3 is 14.8 Å². The van der Waals surface area contributed by atoms with E-state index in [1.165, 1.54) is 24.8 Å². The monoisotopic (exact) mass is 277 g/mol. The molecule has 20 heavy (non-hydrogen) atoms. The molecule has 0 spiro atoms. The van der Waals surface area contributed by atoms with Gasteiger partial charge in [-0.2, -0.15) is 0 Å². The quantitative estimate of drug-likeness (QED) is 0.863. The van der Waals surface area contributed by atoms with E-state index in [4.69, 9.17) is 9.47 Å². The average Bonchev–Trinajstić information content (AvgIpc) is 2.84. The fraction of sp³-hybridized carbons (Fsp3) is 0.647. The van der Waals surface area contributed by atoms with Crippen LogP contribution in [0.4, 0.5) is 0 Å². The van der Waals surface area contributed by atoms with Crippen molar-refractivity contribution in [2.75, 3.05) is 20.3 Å². The van der Waals surface area contributed by atoms with Crippen LogP contribution in [0.25, 0.3) is 0 Å². The maximum atomic E-state index is 5.75. The SMILES string of the molecule is CCOc1ccc(C2(C)CCC(NC)C2)cc1OCC. The fourth-order valence-corrected chi connectivity index (χ4v) is 3.18. The first-order valence-electron chi connectivity index (χ1n) is 7.70. The van der Waals surface area contributed by atoms with Crippen molar-refractivity contribution in [2.45, 2.75) is 51.5 Å². The summed E-state index contributed by atoms with van der Waals surface area (Å²) in [4.78, 5) is 0. The Morgan fingerprint density at radius 3 is 2.50 bits per heavy atom. The van der Waals surface area contributed by atoms with E-state index < -0.39 is 0 Å². The van der Waals surface area contributed by atoms with Gasteiger partial charge in [-0.3, -0.25) is 0 Å². The van der Waals surface area contributed by atoms with Gasteiger partial charge in [0, 0.05) is 6.04 Å². The van der Waals surface area contributed by atoms with Crippen molar-refractivity contribution >= 4 is 0 Å². The Labute approximate surface area is 122 Å². The van der Waals surface area contributed by atoms with Crippen LogP contribution in [0.1, 0.15) is 45.6 Å². The molecule has 1 aliphatic carbocycles. The van der Waals surface area contributed by atoms with Gasteiger partial charge in [-0.1, -0.05) is 13.0 Å². The Morgan fingerprint density at radius 1 is 1.20 bits per heavy atom. The zero-order valence-corrected chi connectivity index (χ0v) is 13.2. The van der Waals surface area contributed by atoms with Gasteiger partial charge in [-0.25, -0.2) is 0 Å². The van der Waals surface area contributed by atoms with Gasteiger partial charge in [0.05, 0.1) is 13.2 Å². The first-order valence-corrected chi connectivity index (χ1v) is 7.70. The normalized spacial score (nSPS) is 25.7. The van der Waals surface area contributed by atoms with E-state index in [1.807, 2.05) is 13.8 Å². The van der Waals surface area contributed by atoms with Gasteiger partial charge in [0.1, 0.15) is 0 Å². The minimum absolute atomic E-state index is 0.240. The highest BCUT2D eigenvalue weighted by atomic mass is 16.5. The molecule has 3 heteroatoms. The second-order valence-corrected chi connectivity index (χ2v) is 5.82. The number of nitrogens with one attached hydrogen (secondary N) is 1. The third kappa shape index (κ3) is 3.09. The number of hydrogen-bond donors (Lipinski definition) is 1. The summed E-state index contributed by atoms with van der Waals surface area (Å²) in [5, 5.41) is 3.40. The summed E-state index contributed by atoms with van der Waals surface area (Å²) < 4.78 is 11.4. The highest BCUT2D eigenvalue weighted by Crippen LogP contribution is 2.43. The predicted molar refractivity (Wildman–Crippen MR) is 82.8 cm³/mol. The summed E-state index contributed by atoms with van der Waals surface area (Å²) in [6.07, 6.45) is 3.64. The van der Waals surface area contributed by atoms with Gasteiger partial charge in [-0.05, 0) is 63.3 Å². The largest absolute Gasteiger partial charge is 0.490 e. The molecule has 1 fully saturated rings. The number of benzene rings is 1. The molecule has 1 N–H and O–H groups in total. The molecule has 2 unspecified atom stereocenters. The molecular formula is C17H27NO2. The van der Waals surface area contributed by atoms with Gasteiger partial charge in [0.15, 0.2) is 11.5 Å². The van der Waals surface area contributed by atoms with Crippen LogP contribution in [0.5, 0.6) is 11.5 Å². The van der Waals surface area contributed by atoms with Crippen molar-refractivity contribution in [2.24, 2.45) is 0 Å². The lowest BCUT2D eigenvalue weighted by Gasteiger charge is -2.26. The molecule has 112 valence electrons. The van der Waals surface area contributed by atoms with E-state index in [2.05, 4.69) is 37.5 Å². The molecule has 0 amide bonds. The van der Waals surface area contributed by atoms with Gasteiger partial charge >= 0.3 is 0 Å². The molecule has 1 aromatic carbocycles.